The van der Waals surface area contributed by atoms with Crippen LogP contribution in [0.5, 0.6) is 0 Å². The second-order valence-electron chi connectivity index (χ2n) is 6.81. The summed E-state index contributed by atoms with van der Waals surface area (Å²) >= 11 is 0. The van der Waals surface area contributed by atoms with Gasteiger partial charge in [0, 0.05) is 14.1 Å². The largest absolute Gasteiger partial charge is 0.352 e. The summed E-state index contributed by atoms with van der Waals surface area (Å²) in [6.45, 7) is 4.43. The van der Waals surface area contributed by atoms with E-state index in [1.807, 2.05) is 6.07 Å². The summed E-state index contributed by atoms with van der Waals surface area (Å²) in [5, 5.41) is 0. The zero-order valence-electron chi connectivity index (χ0n) is 14.9. The second kappa shape index (κ2) is 4.79. The predicted octanol–water partition coefficient (Wildman–Crippen LogP) is 4.07. The van der Waals surface area contributed by atoms with Gasteiger partial charge in [-0.1, -0.05) is 24.3 Å². The van der Waals surface area contributed by atoms with E-state index in [0.717, 1.165) is 16.8 Å². The van der Waals surface area contributed by atoms with Crippen molar-refractivity contribution in [3.05, 3.63) is 54.2 Å². The van der Waals surface area contributed by atoms with Crippen LogP contribution in [0.3, 0.4) is 0 Å². The molecule has 0 bridgehead atoms. The number of hydrogen-bond donors (Lipinski definition) is 0. The van der Waals surface area contributed by atoms with E-state index in [0.29, 0.717) is 0 Å². The molecule has 2 aromatic heterocycles. The third-order valence-electron chi connectivity index (χ3n) is 5.50. The first-order valence-electron chi connectivity index (χ1n) is 8.63. The second-order valence-corrected chi connectivity index (χ2v) is 6.81. The van der Waals surface area contributed by atoms with Crippen molar-refractivity contribution in [2.24, 2.45) is 7.05 Å². The molecule has 0 amide bonds. The molecule has 1 aliphatic heterocycles. The average molecular weight is 331 g/mol. The van der Waals surface area contributed by atoms with Crippen molar-refractivity contribution in [3.8, 4) is 0 Å². The molecule has 25 heavy (non-hydrogen) atoms. The Morgan fingerprint density at radius 1 is 0.920 bits per heavy atom. The summed E-state index contributed by atoms with van der Waals surface area (Å²) in [7, 11) is 4.26. The van der Waals surface area contributed by atoms with Crippen molar-refractivity contribution in [1.82, 2.24) is 14.0 Å². The van der Waals surface area contributed by atoms with E-state index in [2.05, 4.69) is 89.2 Å². The molecule has 1 aliphatic rings. The maximum atomic E-state index is 4.85. The van der Waals surface area contributed by atoms with Gasteiger partial charge in [-0.2, -0.15) is 0 Å². The highest BCUT2D eigenvalue weighted by atomic mass is 15.4. The van der Waals surface area contributed by atoms with Crippen molar-refractivity contribution >= 4 is 34.0 Å². The normalized spacial score (nSPS) is 17.0. The molecule has 0 aliphatic carbocycles. The zero-order valence-corrected chi connectivity index (χ0v) is 14.9. The number of aryl methyl sites for hydroxylation is 2. The van der Waals surface area contributed by atoms with Crippen molar-refractivity contribution < 1.29 is 0 Å². The van der Waals surface area contributed by atoms with Gasteiger partial charge in [0.05, 0.1) is 28.1 Å². The molecule has 5 rings (SSSR count). The Morgan fingerprint density at radius 2 is 1.60 bits per heavy atom. The molecule has 1 atom stereocenters. The monoisotopic (exact) mass is 331 g/mol. The molecule has 0 radical (unpaired) electrons. The van der Waals surface area contributed by atoms with Gasteiger partial charge in [0.25, 0.3) is 0 Å². The van der Waals surface area contributed by atoms with Crippen molar-refractivity contribution in [2.75, 3.05) is 16.8 Å². The lowest BCUT2D eigenvalue weighted by molar-refractivity contribution is 0.712. The predicted molar refractivity (Wildman–Crippen MR) is 103 cm³/mol. The van der Waals surface area contributed by atoms with Gasteiger partial charge in [0.1, 0.15) is 12.0 Å². The van der Waals surface area contributed by atoms with Crippen molar-refractivity contribution in [1.29, 1.82) is 0 Å². The van der Waals surface area contributed by atoms with E-state index in [9.17, 15) is 0 Å². The summed E-state index contributed by atoms with van der Waals surface area (Å²) < 4.78 is 4.47. The van der Waals surface area contributed by atoms with E-state index in [4.69, 9.17) is 4.98 Å². The summed E-state index contributed by atoms with van der Waals surface area (Å²) in [6.07, 6.45) is 0.251. The van der Waals surface area contributed by atoms with Gasteiger partial charge in [0.2, 0.25) is 5.78 Å². The minimum atomic E-state index is 0.251. The van der Waals surface area contributed by atoms with Crippen LogP contribution in [-0.4, -0.2) is 27.2 Å². The first kappa shape index (κ1) is 14.4. The minimum absolute atomic E-state index is 0.251. The van der Waals surface area contributed by atoms with Gasteiger partial charge in [0.15, 0.2) is 0 Å². The number of anilines is 3. The van der Waals surface area contributed by atoms with E-state index in [1.54, 1.807) is 0 Å². The molecule has 4 aromatic rings. The van der Waals surface area contributed by atoms with Crippen LogP contribution in [0.2, 0.25) is 0 Å². The maximum Gasteiger partial charge on any atom is 0.216 e. The quantitative estimate of drug-likeness (QED) is 0.526. The lowest BCUT2D eigenvalue weighted by atomic mass is 10.2. The molecular weight excluding hydrogens is 310 g/mol. The molecule has 5 heteroatoms. The molecule has 0 saturated heterocycles. The van der Waals surface area contributed by atoms with Crippen molar-refractivity contribution in [3.63, 3.8) is 0 Å². The lowest BCUT2D eigenvalue weighted by Gasteiger charge is -2.28. The first-order valence-corrected chi connectivity index (χ1v) is 8.63. The molecule has 2 aromatic carbocycles. The number of benzene rings is 2. The Morgan fingerprint density at radius 3 is 2.40 bits per heavy atom. The van der Waals surface area contributed by atoms with Gasteiger partial charge in [-0.15, -0.1) is 0 Å². The Bertz CT molecular complexity index is 1120. The highest BCUT2D eigenvalue weighted by Crippen LogP contribution is 2.44. The van der Waals surface area contributed by atoms with E-state index >= 15 is 0 Å². The van der Waals surface area contributed by atoms with Crippen LogP contribution >= 0.6 is 0 Å². The van der Waals surface area contributed by atoms with Crippen LogP contribution in [-0.2, 0) is 7.05 Å². The standard InChI is InChI=1S/C20H21N5/c1-13-19(25-14(2)22(3)17-11-7-8-12-18(17)25)23(4)20-21-15-9-5-6-10-16(15)24(13)20/h5-12,14H,1-4H3/t14-/m0/s1. The van der Waals surface area contributed by atoms with Gasteiger partial charge in [-0.25, -0.2) is 4.98 Å². The first-order chi connectivity index (χ1) is 12.1. The fraction of sp³-hybridized carbons (Fsp3) is 0.250. The number of fused-ring (bicyclic) bond motifs is 4. The Balaban J connectivity index is 1.82. The molecule has 0 spiro atoms. The van der Waals surface area contributed by atoms with Crippen LogP contribution in [0.25, 0.3) is 16.8 Å². The van der Waals surface area contributed by atoms with Crippen molar-refractivity contribution in [2.45, 2.75) is 20.0 Å². The number of rotatable bonds is 1. The van der Waals surface area contributed by atoms with E-state index in [-0.39, 0.29) is 6.17 Å². The summed E-state index contributed by atoms with van der Waals surface area (Å²) in [4.78, 5) is 9.59. The third-order valence-corrected chi connectivity index (χ3v) is 5.50. The number of aromatic nitrogens is 3. The Hall–Kier alpha value is -2.95. The maximum absolute atomic E-state index is 4.85. The van der Waals surface area contributed by atoms with Crippen LogP contribution in [0.15, 0.2) is 48.5 Å². The summed E-state index contributed by atoms with van der Waals surface area (Å²) in [5.74, 6) is 2.17. The molecule has 126 valence electrons. The summed E-state index contributed by atoms with van der Waals surface area (Å²) in [5.41, 5.74) is 5.91. The number of hydrogen-bond acceptors (Lipinski definition) is 3. The molecule has 5 nitrogen and oxygen atoms in total. The smallest absolute Gasteiger partial charge is 0.216 e. The van der Waals surface area contributed by atoms with Gasteiger partial charge < -0.3 is 9.80 Å². The van der Waals surface area contributed by atoms with Crippen LogP contribution in [0, 0.1) is 6.92 Å². The summed E-state index contributed by atoms with van der Waals surface area (Å²) in [6, 6.07) is 16.9. The molecule has 0 N–H and O–H groups in total. The molecule has 0 unspecified atom stereocenters. The number of nitrogens with zero attached hydrogens (tertiary/aromatic N) is 5. The molecule has 0 saturated carbocycles. The molecular formula is C20H21N5. The zero-order chi connectivity index (χ0) is 17.3. The SMILES string of the molecule is Cc1c(N2c3ccccc3N(C)[C@@H]2C)n(C)c2nc3ccccc3n12. The Labute approximate surface area is 146 Å². The highest BCUT2D eigenvalue weighted by molar-refractivity contribution is 5.86. The fourth-order valence-corrected chi connectivity index (χ4v) is 4.18. The van der Waals surface area contributed by atoms with Crippen LogP contribution < -0.4 is 9.80 Å². The van der Waals surface area contributed by atoms with Gasteiger partial charge >= 0.3 is 0 Å². The molecule has 0 fully saturated rings. The minimum Gasteiger partial charge on any atom is -0.352 e. The fourth-order valence-electron chi connectivity index (χ4n) is 4.18. The average Bonchev–Trinajstić information content (AvgIpc) is 3.21. The van der Waals surface area contributed by atoms with E-state index < -0.39 is 0 Å². The van der Waals surface area contributed by atoms with Gasteiger partial charge in [-0.05, 0) is 38.1 Å². The Kier molecular flexibility index (Phi) is 2.76. The number of imidazole rings is 2. The van der Waals surface area contributed by atoms with Crippen LogP contribution in [0.1, 0.15) is 12.6 Å². The van der Waals surface area contributed by atoms with Crippen LogP contribution in [0.4, 0.5) is 17.2 Å². The molecule has 3 heterocycles. The highest BCUT2D eigenvalue weighted by Gasteiger charge is 2.34. The topological polar surface area (TPSA) is 28.7 Å². The number of para-hydroxylation sites is 4. The van der Waals surface area contributed by atoms with Gasteiger partial charge in [-0.3, -0.25) is 8.97 Å². The third kappa shape index (κ3) is 1.70. The van der Waals surface area contributed by atoms with E-state index in [1.165, 1.54) is 22.9 Å². The lowest BCUT2D eigenvalue weighted by Crippen LogP contribution is -2.36.